The normalized spacial score (nSPS) is 17.0. The van der Waals surface area contributed by atoms with Crippen molar-refractivity contribution in [3.63, 3.8) is 0 Å². The highest BCUT2D eigenvalue weighted by Crippen LogP contribution is 2.32. The summed E-state index contributed by atoms with van der Waals surface area (Å²) in [6.07, 6.45) is 1.16. The van der Waals surface area contributed by atoms with Crippen molar-refractivity contribution in [2.45, 2.75) is 25.8 Å². The van der Waals surface area contributed by atoms with E-state index in [1.807, 2.05) is 47.4 Å². The van der Waals surface area contributed by atoms with Crippen LogP contribution in [0.5, 0.6) is 0 Å². The zero-order chi connectivity index (χ0) is 15.1. The van der Waals surface area contributed by atoms with Gasteiger partial charge in [-0.1, -0.05) is 35.5 Å². The molecule has 4 rings (SSSR count). The Labute approximate surface area is 128 Å². The van der Waals surface area contributed by atoms with Crippen molar-refractivity contribution in [2.24, 2.45) is 0 Å². The van der Waals surface area contributed by atoms with E-state index in [0.29, 0.717) is 5.69 Å². The zero-order valence-electron chi connectivity index (χ0n) is 12.3. The van der Waals surface area contributed by atoms with Crippen molar-refractivity contribution in [1.29, 1.82) is 0 Å². The second-order valence-electron chi connectivity index (χ2n) is 5.75. The highest BCUT2D eigenvalue weighted by atomic mass is 16.5. The van der Waals surface area contributed by atoms with Crippen LogP contribution in [-0.4, -0.2) is 17.1 Å². The molecule has 110 valence electrons. The molecule has 0 saturated carbocycles. The van der Waals surface area contributed by atoms with Gasteiger partial charge in [-0.3, -0.25) is 4.79 Å². The first-order valence-corrected chi connectivity index (χ1v) is 7.47. The fourth-order valence-corrected chi connectivity index (χ4v) is 3.24. The second-order valence-corrected chi connectivity index (χ2v) is 5.75. The first-order valence-electron chi connectivity index (χ1n) is 7.47. The number of amides is 1. The lowest BCUT2D eigenvalue weighted by Crippen LogP contribution is -2.36. The molecule has 1 aliphatic rings. The third-order valence-corrected chi connectivity index (χ3v) is 4.25. The summed E-state index contributed by atoms with van der Waals surface area (Å²) in [6, 6.07) is 15.9. The number of para-hydroxylation sites is 2. The van der Waals surface area contributed by atoms with Gasteiger partial charge in [0.2, 0.25) is 5.91 Å². The van der Waals surface area contributed by atoms with E-state index in [2.05, 4.69) is 18.1 Å². The molecule has 1 aliphatic heterocycles. The van der Waals surface area contributed by atoms with E-state index < -0.39 is 0 Å². The molecule has 3 aromatic rings. The van der Waals surface area contributed by atoms with Crippen LogP contribution in [0.3, 0.4) is 0 Å². The second kappa shape index (κ2) is 4.98. The minimum Gasteiger partial charge on any atom is -0.356 e. The Morgan fingerprint density at radius 2 is 2.00 bits per heavy atom. The Morgan fingerprint density at radius 3 is 2.91 bits per heavy atom. The molecule has 0 saturated heterocycles. The topological polar surface area (TPSA) is 46.3 Å². The number of nitrogens with zero attached hydrogens (tertiary/aromatic N) is 2. The van der Waals surface area contributed by atoms with E-state index in [4.69, 9.17) is 4.52 Å². The summed E-state index contributed by atoms with van der Waals surface area (Å²) >= 11 is 0. The number of hydrogen-bond acceptors (Lipinski definition) is 3. The summed E-state index contributed by atoms with van der Waals surface area (Å²) < 4.78 is 5.29. The molecule has 4 heteroatoms. The average molecular weight is 292 g/mol. The Bertz CT molecular complexity index is 853. The van der Waals surface area contributed by atoms with Gasteiger partial charge in [0.25, 0.3) is 0 Å². The molecule has 1 aromatic heterocycles. The predicted molar refractivity (Wildman–Crippen MR) is 84.8 cm³/mol. The fraction of sp³-hybridized carbons (Fsp3) is 0.222. The molecule has 1 atom stereocenters. The van der Waals surface area contributed by atoms with Gasteiger partial charge in [0, 0.05) is 17.1 Å². The third kappa shape index (κ3) is 1.99. The van der Waals surface area contributed by atoms with Crippen molar-refractivity contribution in [3.05, 3.63) is 59.8 Å². The van der Waals surface area contributed by atoms with Gasteiger partial charge in [-0.25, -0.2) is 0 Å². The number of rotatable bonds is 2. The molecule has 0 fully saturated rings. The van der Waals surface area contributed by atoms with Gasteiger partial charge in [-0.15, -0.1) is 0 Å². The number of anilines is 1. The van der Waals surface area contributed by atoms with Crippen LogP contribution in [0, 0.1) is 0 Å². The van der Waals surface area contributed by atoms with Gasteiger partial charge in [0.05, 0.1) is 6.42 Å². The van der Waals surface area contributed by atoms with Gasteiger partial charge < -0.3 is 9.42 Å². The third-order valence-electron chi connectivity index (χ3n) is 4.25. The first-order chi connectivity index (χ1) is 10.7. The molecular weight excluding hydrogens is 276 g/mol. The predicted octanol–water partition coefficient (Wildman–Crippen LogP) is 3.35. The number of carbonyl (C=O) groups is 1. The van der Waals surface area contributed by atoms with E-state index in [9.17, 15) is 4.79 Å². The van der Waals surface area contributed by atoms with Crippen molar-refractivity contribution in [1.82, 2.24) is 5.16 Å². The van der Waals surface area contributed by atoms with Gasteiger partial charge in [-0.05, 0) is 37.1 Å². The number of carbonyl (C=O) groups excluding carboxylic acids is 1. The molecular formula is C18H16N2O2. The Kier molecular flexibility index (Phi) is 2.96. The Balaban J connectivity index is 1.65. The van der Waals surface area contributed by atoms with Crippen LogP contribution >= 0.6 is 0 Å². The molecule has 1 unspecified atom stereocenters. The van der Waals surface area contributed by atoms with Crippen LogP contribution in [-0.2, 0) is 17.6 Å². The highest BCUT2D eigenvalue weighted by molar-refractivity contribution is 5.98. The van der Waals surface area contributed by atoms with Crippen LogP contribution in [0.1, 0.15) is 18.2 Å². The van der Waals surface area contributed by atoms with E-state index >= 15 is 0 Å². The molecule has 22 heavy (non-hydrogen) atoms. The summed E-state index contributed by atoms with van der Waals surface area (Å²) in [7, 11) is 0. The monoisotopic (exact) mass is 292 g/mol. The Morgan fingerprint density at radius 1 is 1.23 bits per heavy atom. The maximum absolute atomic E-state index is 12.8. The molecule has 0 aliphatic carbocycles. The molecule has 0 bridgehead atoms. The summed E-state index contributed by atoms with van der Waals surface area (Å²) in [6.45, 7) is 2.08. The van der Waals surface area contributed by atoms with E-state index in [1.54, 1.807) is 0 Å². The maximum atomic E-state index is 12.8. The average Bonchev–Trinajstić information content (AvgIpc) is 3.07. The van der Waals surface area contributed by atoms with Crippen LogP contribution in [0.2, 0.25) is 0 Å². The first kappa shape index (κ1) is 13.1. The van der Waals surface area contributed by atoms with Crippen LogP contribution < -0.4 is 4.90 Å². The van der Waals surface area contributed by atoms with Gasteiger partial charge >= 0.3 is 0 Å². The number of benzene rings is 2. The number of fused-ring (bicyclic) bond motifs is 2. The molecule has 2 aromatic carbocycles. The molecule has 2 heterocycles. The van der Waals surface area contributed by atoms with Gasteiger partial charge in [0.1, 0.15) is 5.69 Å². The lowest BCUT2D eigenvalue weighted by atomic mass is 10.1. The van der Waals surface area contributed by atoms with Crippen LogP contribution in [0.25, 0.3) is 11.0 Å². The maximum Gasteiger partial charge on any atom is 0.233 e. The summed E-state index contributed by atoms with van der Waals surface area (Å²) in [4.78, 5) is 14.7. The molecule has 0 spiro atoms. The van der Waals surface area contributed by atoms with Crippen LogP contribution in [0.15, 0.2) is 53.1 Å². The van der Waals surface area contributed by atoms with E-state index in [0.717, 1.165) is 23.1 Å². The quantitative estimate of drug-likeness (QED) is 0.727. The standard InChI is InChI=1S/C18H16N2O2/c1-12-10-13-6-2-4-8-16(13)20(12)18(21)11-15-14-7-3-5-9-17(14)22-19-15/h2-9,12H,10-11H2,1H3. The number of aromatic nitrogens is 1. The van der Waals surface area contributed by atoms with Gasteiger partial charge in [0.15, 0.2) is 5.58 Å². The zero-order valence-corrected chi connectivity index (χ0v) is 12.3. The summed E-state index contributed by atoms with van der Waals surface area (Å²) in [5.74, 6) is 0.0662. The lowest BCUT2D eigenvalue weighted by Gasteiger charge is -2.22. The smallest absolute Gasteiger partial charge is 0.233 e. The summed E-state index contributed by atoms with van der Waals surface area (Å²) in [5.41, 5.74) is 3.68. The molecule has 0 N–H and O–H groups in total. The highest BCUT2D eigenvalue weighted by Gasteiger charge is 2.31. The van der Waals surface area contributed by atoms with Crippen LogP contribution in [0.4, 0.5) is 5.69 Å². The minimum atomic E-state index is 0.0662. The van der Waals surface area contributed by atoms with Crippen molar-refractivity contribution >= 4 is 22.6 Å². The molecule has 1 amide bonds. The molecule has 0 radical (unpaired) electrons. The fourth-order valence-electron chi connectivity index (χ4n) is 3.24. The van der Waals surface area contributed by atoms with Crippen molar-refractivity contribution < 1.29 is 9.32 Å². The van der Waals surface area contributed by atoms with E-state index in [-0.39, 0.29) is 18.4 Å². The van der Waals surface area contributed by atoms with E-state index in [1.165, 1.54) is 5.56 Å². The number of hydrogen-bond donors (Lipinski definition) is 0. The molecule has 4 nitrogen and oxygen atoms in total. The summed E-state index contributed by atoms with van der Waals surface area (Å²) in [5, 5.41) is 4.98. The lowest BCUT2D eigenvalue weighted by molar-refractivity contribution is -0.118. The Hall–Kier alpha value is -2.62. The van der Waals surface area contributed by atoms with Gasteiger partial charge in [-0.2, -0.15) is 0 Å². The van der Waals surface area contributed by atoms with Crippen molar-refractivity contribution in [2.75, 3.05) is 4.90 Å². The van der Waals surface area contributed by atoms with Crippen molar-refractivity contribution in [3.8, 4) is 0 Å². The SMILES string of the molecule is CC1Cc2ccccc2N1C(=O)Cc1noc2ccccc12. The largest absolute Gasteiger partial charge is 0.356 e. The minimum absolute atomic E-state index is 0.0662.